The molecular weight excluding hydrogens is 789 g/mol. The molecule has 0 atom stereocenters. The van der Waals surface area contributed by atoms with E-state index in [9.17, 15) is 0 Å². The molecule has 65 heavy (non-hydrogen) atoms. The zero-order valence-electron chi connectivity index (χ0n) is 35.9. The maximum atomic E-state index is 5.46. The molecule has 4 nitrogen and oxygen atoms in total. The van der Waals surface area contributed by atoms with Gasteiger partial charge in [-0.15, -0.1) is 0 Å². The van der Waals surface area contributed by atoms with E-state index in [2.05, 4.69) is 229 Å². The van der Waals surface area contributed by atoms with Crippen LogP contribution in [0.1, 0.15) is 25.0 Å². The predicted octanol–water partition coefficient (Wildman–Crippen LogP) is 15.8. The Labute approximate surface area is 375 Å². The number of benzene rings is 10. The molecule has 0 aliphatic heterocycles. The summed E-state index contributed by atoms with van der Waals surface area (Å²) in [6, 6.07) is 75.3. The van der Waals surface area contributed by atoms with Crippen molar-refractivity contribution in [3.63, 3.8) is 0 Å². The lowest BCUT2D eigenvalue weighted by Crippen LogP contribution is -2.16. The lowest BCUT2D eigenvalue weighted by atomic mass is 9.79. The van der Waals surface area contributed by atoms with Crippen molar-refractivity contribution in [3.05, 3.63) is 217 Å². The maximum Gasteiger partial charge on any atom is 0.160 e. The second kappa shape index (κ2) is 13.3. The van der Waals surface area contributed by atoms with E-state index >= 15 is 0 Å². The van der Waals surface area contributed by atoms with Gasteiger partial charge in [-0.3, -0.25) is 0 Å². The zero-order valence-corrected chi connectivity index (χ0v) is 35.9. The van der Waals surface area contributed by atoms with Gasteiger partial charge in [0.1, 0.15) is 0 Å². The molecule has 0 bridgehead atoms. The number of rotatable bonds is 4. The van der Waals surface area contributed by atoms with Crippen molar-refractivity contribution in [2.24, 2.45) is 0 Å². The van der Waals surface area contributed by atoms with Crippen molar-refractivity contribution in [1.29, 1.82) is 0 Å². The summed E-state index contributed by atoms with van der Waals surface area (Å²) < 4.78 is 4.90. The Bertz CT molecular complexity index is 4150. The largest absolute Gasteiger partial charge is 0.309 e. The van der Waals surface area contributed by atoms with Crippen molar-refractivity contribution < 1.29 is 0 Å². The van der Waals surface area contributed by atoms with Crippen molar-refractivity contribution in [2.75, 3.05) is 0 Å². The molecule has 4 heteroatoms. The number of nitrogens with zero attached hydrogens (tertiary/aromatic N) is 4. The first-order chi connectivity index (χ1) is 32.0. The van der Waals surface area contributed by atoms with Crippen LogP contribution in [0.15, 0.2) is 206 Å². The minimum absolute atomic E-state index is 0.181. The van der Waals surface area contributed by atoms with E-state index in [0.717, 1.165) is 44.6 Å². The van der Waals surface area contributed by atoms with Crippen molar-refractivity contribution in [1.82, 2.24) is 19.1 Å². The summed E-state index contributed by atoms with van der Waals surface area (Å²) in [5, 5.41) is 10.9. The summed E-state index contributed by atoms with van der Waals surface area (Å²) in [6.07, 6.45) is 0. The summed E-state index contributed by atoms with van der Waals surface area (Å²) in [7, 11) is 0. The van der Waals surface area contributed by atoms with Crippen LogP contribution in [0, 0.1) is 0 Å². The molecule has 0 radical (unpaired) electrons. The normalized spacial score (nSPS) is 13.2. The van der Waals surface area contributed by atoms with Crippen LogP contribution >= 0.6 is 0 Å². The molecule has 14 rings (SSSR count). The molecule has 0 amide bonds. The lowest BCUT2D eigenvalue weighted by molar-refractivity contribution is 0.662. The summed E-state index contributed by atoms with van der Waals surface area (Å²) in [4.78, 5) is 10.7. The van der Waals surface area contributed by atoms with Gasteiger partial charge in [0.25, 0.3) is 0 Å². The molecule has 3 heterocycles. The lowest BCUT2D eigenvalue weighted by Gasteiger charge is -2.24. The average Bonchev–Trinajstić information content (AvgIpc) is 3.95. The van der Waals surface area contributed by atoms with E-state index < -0.39 is 0 Å². The minimum Gasteiger partial charge on any atom is -0.309 e. The topological polar surface area (TPSA) is 35.6 Å². The monoisotopic (exact) mass is 828 g/mol. The third kappa shape index (κ3) is 5.14. The molecule has 0 saturated heterocycles. The third-order valence-electron chi connectivity index (χ3n) is 14.3. The summed E-state index contributed by atoms with van der Waals surface area (Å²) >= 11 is 0. The fourth-order valence-corrected chi connectivity index (χ4v) is 11.3. The van der Waals surface area contributed by atoms with Gasteiger partial charge in [-0.1, -0.05) is 159 Å². The van der Waals surface area contributed by atoms with E-state index in [4.69, 9.17) is 9.97 Å². The van der Waals surface area contributed by atoms with Gasteiger partial charge in [0, 0.05) is 60.2 Å². The van der Waals surface area contributed by atoms with Gasteiger partial charge in [0.15, 0.2) is 5.82 Å². The Morgan fingerprint density at radius 3 is 1.88 bits per heavy atom. The highest BCUT2D eigenvalue weighted by Gasteiger charge is 2.38. The molecule has 13 aromatic rings. The zero-order chi connectivity index (χ0) is 43.0. The molecule has 0 fully saturated rings. The van der Waals surface area contributed by atoms with E-state index in [0.29, 0.717) is 5.82 Å². The number of aromatic nitrogens is 4. The van der Waals surface area contributed by atoms with Gasteiger partial charge in [-0.2, -0.15) is 0 Å². The first kappa shape index (κ1) is 36.2. The van der Waals surface area contributed by atoms with Crippen LogP contribution in [-0.4, -0.2) is 19.1 Å². The van der Waals surface area contributed by atoms with Crippen molar-refractivity contribution in [2.45, 2.75) is 19.3 Å². The van der Waals surface area contributed by atoms with Crippen molar-refractivity contribution in [3.8, 4) is 45.1 Å². The molecule has 0 N–H and O–H groups in total. The number of hydrogen-bond acceptors (Lipinski definition) is 2. The van der Waals surface area contributed by atoms with Gasteiger partial charge >= 0.3 is 0 Å². The van der Waals surface area contributed by atoms with Crippen LogP contribution in [0.3, 0.4) is 0 Å². The molecule has 0 spiro atoms. The highest BCUT2D eigenvalue weighted by molar-refractivity contribution is 6.19. The summed E-state index contributed by atoms with van der Waals surface area (Å²) in [6.45, 7) is 4.69. The first-order valence-corrected chi connectivity index (χ1v) is 22.5. The van der Waals surface area contributed by atoms with Crippen molar-refractivity contribution >= 4 is 76.1 Å². The molecular formula is C61H40N4. The second-order valence-electron chi connectivity index (χ2n) is 18.1. The van der Waals surface area contributed by atoms with E-state index in [1.54, 1.807) is 0 Å². The smallest absolute Gasteiger partial charge is 0.160 e. The summed E-state index contributed by atoms with van der Waals surface area (Å²) in [5.74, 6) is 0.713. The van der Waals surface area contributed by atoms with Gasteiger partial charge in [0.05, 0.1) is 33.3 Å². The Kier molecular flexibility index (Phi) is 7.42. The highest BCUT2D eigenvalue weighted by atomic mass is 15.0. The maximum absolute atomic E-state index is 5.46. The van der Waals surface area contributed by atoms with Crippen LogP contribution in [-0.2, 0) is 5.41 Å². The van der Waals surface area contributed by atoms with E-state index in [1.807, 2.05) is 0 Å². The summed E-state index contributed by atoms with van der Waals surface area (Å²) in [5.41, 5.74) is 16.0. The van der Waals surface area contributed by atoms with E-state index in [-0.39, 0.29) is 5.41 Å². The van der Waals surface area contributed by atoms with Crippen LogP contribution in [0.25, 0.3) is 121 Å². The molecule has 1 aliphatic rings. The van der Waals surface area contributed by atoms with Gasteiger partial charge < -0.3 is 9.13 Å². The Hall–Kier alpha value is -8.34. The van der Waals surface area contributed by atoms with E-state index in [1.165, 1.54) is 81.9 Å². The molecule has 3 aromatic heterocycles. The quantitative estimate of drug-likeness (QED) is 0.177. The first-order valence-electron chi connectivity index (χ1n) is 22.5. The standard InChI is InChI=1S/C61H40N4/c1-61(2)52-23-10-7-18-44(52)47-21-13-22-50(57(47)61)58-49-20-8-11-24-53(49)62-60(63-58)38-26-29-41(30-27-38)64-55-35-40-16-4-3-15-39(40)34-51(55)46-33-31-42(36-56(46)64)65-54-25-12-9-19-45(54)48-32-28-37-14-5-6-17-43(37)59(48)65/h3-36H,1-2H3. The number of para-hydroxylation sites is 2. The SMILES string of the molecule is CC1(C)c2ccccc2-c2cccc(-c3nc(-c4ccc(-n5c6cc(-n7c8ccccc8c8ccc9ccccc9c87)ccc6c6cc7ccccc7cc65)cc4)nc4ccccc34)c21. The minimum atomic E-state index is -0.181. The Morgan fingerprint density at radius 1 is 0.385 bits per heavy atom. The van der Waals surface area contributed by atoms with Crippen LogP contribution in [0.2, 0.25) is 0 Å². The van der Waals surface area contributed by atoms with Gasteiger partial charge in [-0.25, -0.2) is 9.97 Å². The number of fused-ring (bicyclic) bond motifs is 13. The van der Waals surface area contributed by atoms with Gasteiger partial charge in [-0.05, 0) is 99.1 Å². The Balaban J connectivity index is 0.968. The van der Waals surface area contributed by atoms with Crippen LogP contribution in [0.4, 0.5) is 0 Å². The molecule has 0 unspecified atom stereocenters. The Morgan fingerprint density at radius 2 is 1.02 bits per heavy atom. The average molecular weight is 829 g/mol. The fourth-order valence-electron chi connectivity index (χ4n) is 11.3. The molecule has 1 aliphatic carbocycles. The predicted molar refractivity (Wildman–Crippen MR) is 272 cm³/mol. The van der Waals surface area contributed by atoms with Crippen LogP contribution in [0.5, 0.6) is 0 Å². The van der Waals surface area contributed by atoms with Crippen LogP contribution < -0.4 is 0 Å². The molecule has 10 aromatic carbocycles. The third-order valence-corrected chi connectivity index (χ3v) is 14.3. The highest BCUT2D eigenvalue weighted by Crippen LogP contribution is 2.52. The number of hydrogen-bond donors (Lipinski definition) is 0. The molecule has 0 saturated carbocycles. The second-order valence-corrected chi connectivity index (χ2v) is 18.1. The van der Waals surface area contributed by atoms with Gasteiger partial charge in [0.2, 0.25) is 0 Å². The molecule has 304 valence electrons. The fraction of sp³-hybridized carbons (Fsp3) is 0.0492.